The van der Waals surface area contributed by atoms with Crippen molar-refractivity contribution in [3.8, 4) is 5.75 Å². The van der Waals surface area contributed by atoms with Gasteiger partial charge in [-0.15, -0.1) is 0 Å². The number of phenolic OH excluding ortho intramolecular Hbond substituents is 1. The monoisotopic (exact) mass is 270 g/mol. The average Bonchev–Trinajstić information content (AvgIpc) is 2.04. The third-order valence-corrected chi connectivity index (χ3v) is 3.42. The van der Waals surface area contributed by atoms with Crippen molar-refractivity contribution in [2.75, 3.05) is 0 Å². The molecule has 12 heavy (non-hydrogen) atoms. The molecule has 1 rings (SSSR count). The number of halogens is 2. The SMILES string of the molecule is O=C(Cl)c1cc(O)ccc1[Se]Cl. The summed E-state index contributed by atoms with van der Waals surface area (Å²) in [6.07, 6.45) is 0. The second kappa shape index (κ2) is 4.15. The predicted octanol–water partition coefficient (Wildman–Crippen LogP) is 1.25. The fraction of sp³-hybridized carbons (Fsp3) is 0. The maximum absolute atomic E-state index is 10.8. The summed E-state index contributed by atoms with van der Waals surface area (Å²) in [5.74, 6) is 0.0173. The first-order chi connectivity index (χ1) is 5.65. The van der Waals surface area contributed by atoms with Gasteiger partial charge in [-0.05, 0) is 0 Å². The average molecular weight is 270 g/mol. The normalized spacial score (nSPS) is 9.83. The first kappa shape index (κ1) is 9.87. The van der Waals surface area contributed by atoms with Crippen LogP contribution < -0.4 is 4.46 Å². The molecule has 2 nitrogen and oxygen atoms in total. The number of aromatic hydroxyl groups is 1. The molecule has 1 aromatic rings. The zero-order chi connectivity index (χ0) is 9.14. The van der Waals surface area contributed by atoms with E-state index in [0.29, 0.717) is 4.46 Å². The Morgan fingerprint density at radius 2 is 2.17 bits per heavy atom. The molecule has 0 heterocycles. The molecule has 0 saturated heterocycles. The Kier molecular flexibility index (Phi) is 3.41. The zero-order valence-corrected chi connectivity index (χ0v) is 8.98. The number of benzene rings is 1. The Balaban J connectivity index is 3.21. The molecule has 0 fully saturated rings. The van der Waals surface area contributed by atoms with Crippen molar-refractivity contribution in [1.82, 2.24) is 0 Å². The Morgan fingerprint density at radius 3 is 2.67 bits per heavy atom. The number of rotatable bonds is 2. The molecule has 0 spiro atoms. The van der Waals surface area contributed by atoms with Gasteiger partial charge in [0.05, 0.1) is 0 Å². The number of carbonyl (C=O) groups excluding carboxylic acids is 1. The molecule has 0 aliphatic rings. The van der Waals surface area contributed by atoms with Crippen LogP contribution in [0.15, 0.2) is 18.2 Å². The summed E-state index contributed by atoms with van der Waals surface area (Å²) >= 11 is 4.95. The van der Waals surface area contributed by atoms with Crippen molar-refractivity contribution >= 4 is 45.4 Å². The van der Waals surface area contributed by atoms with Crippen LogP contribution in [0.5, 0.6) is 5.75 Å². The maximum atomic E-state index is 10.8. The van der Waals surface area contributed by atoms with E-state index in [1.165, 1.54) is 12.1 Å². The van der Waals surface area contributed by atoms with Crippen molar-refractivity contribution < 1.29 is 9.90 Å². The van der Waals surface area contributed by atoms with E-state index in [0.717, 1.165) is 0 Å². The van der Waals surface area contributed by atoms with Crippen LogP contribution in [0.3, 0.4) is 0 Å². The van der Waals surface area contributed by atoms with Crippen molar-refractivity contribution in [3.63, 3.8) is 0 Å². The summed E-state index contributed by atoms with van der Waals surface area (Å²) in [6, 6.07) is 4.38. The van der Waals surface area contributed by atoms with E-state index in [-0.39, 0.29) is 25.4 Å². The molecular formula is C7H4Cl2O2Se. The van der Waals surface area contributed by atoms with Gasteiger partial charge < -0.3 is 0 Å². The molecule has 0 unspecified atom stereocenters. The van der Waals surface area contributed by atoms with Gasteiger partial charge >= 0.3 is 84.9 Å². The summed E-state index contributed by atoms with van der Waals surface area (Å²) in [4.78, 5) is 10.8. The van der Waals surface area contributed by atoms with Crippen LogP contribution in [-0.4, -0.2) is 24.4 Å². The molecular weight excluding hydrogens is 266 g/mol. The molecule has 0 aliphatic heterocycles. The van der Waals surface area contributed by atoms with Gasteiger partial charge in [-0.25, -0.2) is 0 Å². The van der Waals surface area contributed by atoms with Crippen LogP contribution in [0.25, 0.3) is 0 Å². The summed E-state index contributed by atoms with van der Waals surface area (Å²) < 4.78 is 0.682. The van der Waals surface area contributed by atoms with Gasteiger partial charge in [-0.1, -0.05) is 0 Å². The Labute approximate surface area is 84.9 Å². The van der Waals surface area contributed by atoms with E-state index in [1.807, 2.05) is 0 Å². The predicted molar refractivity (Wildman–Crippen MR) is 49.5 cm³/mol. The van der Waals surface area contributed by atoms with Crippen molar-refractivity contribution in [1.29, 1.82) is 0 Å². The number of hydrogen-bond donors (Lipinski definition) is 1. The van der Waals surface area contributed by atoms with Gasteiger partial charge in [0.25, 0.3) is 0 Å². The van der Waals surface area contributed by atoms with Crippen LogP contribution in [0.4, 0.5) is 0 Å². The molecule has 0 saturated carbocycles. The Hall–Kier alpha value is -0.211. The molecule has 64 valence electrons. The molecule has 5 heteroatoms. The second-order valence-corrected chi connectivity index (χ2v) is 4.42. The minimum atomic E-state index is -0.594. The minimum absolute atomic E-state index is 0.0173. The third-order valence-electron chi connectivity index (χ3n) is 1.26. The summed E-state index contributed by atoms with van der Waals surface area (Å²) in [5, 5.41) is 8.44. The van der Waals surface area contributed by atoms with Gasteiger partial charge in [-0.3, -0.25) is 0 Å². The van der Waals surface area contributed by atoms with Crippen molar-refractivity contribution in [2.24, 2.45) is 0 Å². The van der Waals surface area contributed by atoms with Crippen LogP contribution in [0.1, 0.15) is 10.4 Å². The van der Waals surface area contributed by atoms with E-state index in [1.54, 1.807) is 6.07 Å². The van der Waals surface area contributed by atoms with Gasteiger partial charge in [-0.2, -0.15) is 0 Å². The molecule has 0 aliphatic carbocycles. The molecule has 1 aromatic carbocycles. The number of hydrogen-bond acceptors (Lipinski definition) is 2. The van der Waals surface area contributed by atoms with Crippen LogP contribution >= 0.6 is 21.7 Å². The van der Waals surface area contributed by atoms with Crippen LogP contribution in [0, 0.1) is 0 Å². The standard InChI is InChI=1S/C7H4Cl2O2Se/c8-7(11)5-3-4(10)1-2-6(5)12-9/h1-3,10H. The fourth-order valence-electron chi connectivity index (χ4n) is 0.739. The van der Waals surface area contributed by atoms with Crippen LogP contribution in [-0.2, 0) is 0 Å². The topological polar surface area (TPSA) is 37.3 Å². The Morgan fingerprint density at radius 1 is 1.50 bits per heavy atom. The molecule has 0 radical (unpaired) electrons. The van der Waals surface area contributed by atoms with E-state index in [2.05, 4.69) is 0 Å². The molecule has 0 atom stereocenters. The quantitative estimate of drug-likeness (QED) is 0.648. The van der Waals surface area contributed by atoms with E-state index in [4.69, 9.17) is 26.8 Å². The van der Waals surface area contributed by atoms with Gasteiger partial charge in [0.2, 0.25) is 0 Å². The second-order valence-electron chi connectivity index (χ2n) is 2.03. The fourth-order valence-corrected chi connectivity index (χ4v) is 2.46. The van der Waals surface area contributed by atoms with Crippen LogP contribution in [0.2, 0.25) is 0 Å². The van der Waals surface area contributed by atoms with E-state index >= 15 is 0 Å². The van der Waals surface area contributed by atoms with Gasteiger partial charge in [0.15, 0.2) is 0 Å². The molecule has 1 N–H and O–H groups in total. The zero-order valence-electron chi connectivity index (χ0n) is 5.75. The Bertz CT molecular complexity index is 314. The summed E-state index contributed by atoms with van der Waals surface area (Å²) in [6.45, 7) is 0. The van der Waals surface area contributed by atoms with Crippen molar-refractivity contribution in [2.45, 2.75) is 0 Å². The van der Waals surface area contributed by atoms with Gasteiger partial charge in [0, 0.05) is 0 Å². The molecule has 0 bridgehead atoms. The first-order valence-electron chi connectivity index (χ1n) is 2.96. The third kappa shape index (κ3) is 2.14. The van der Waals surface area contributed by atoms with E-state index in [9.17, 15) is 4.79 Å². The van der Waals surface area contributed by atoms with Gasteiger partial charge in [0.1, 0.15) is 0 Å². The molecule has 0 aromatic heterocycles. The van der Waals surface area contributed by atoms with E-state index < -0.39 is 5.24 Å². The first-order valence-corrected chi connectivity index (χ1v) is 6.45. The summed E-state index contributed by atoms with van der Waals surface area (Å²) in [5.41, 5.74) is 0.284. The molecule has 0 amide bonds. The summed E-state index contributed by atoms with van der Waals surface area (Å²) in [7, 11) is 5.60. The van der Waals surface area contributed by atoms with Crippen molar-refractivity contribution in [3.05, 3.63) is 23.8 Å². The number of phenols is 1. The number of carbonyl (C=O) groups is 1.